The molecule has 5 heteroatoms. The SMILES string of the molecule is CC(C)CS(=O)(=O)CCC1CCCCN1.Cl. The van der Waals surface area contributed by atoms with Gasteiger partial charge in [-0.25, -0.2) is 8.42 Å². The molecule has 1 rings (SSSR count). The van der Waals surface area contributed by atoms with Crippen molar-refractivity contribution in [2.24, 2.45) is 5.92 Å². The summed E-state index contributed by atoms with van der Waals surface area (Å²) in [6, 6.07) is 0.431. The number of piperidine rings is 1. The average molecular weight is 270 g/mol. The molecule has 16 heavy (non-hydrogen) atoms. The van der Waals surface area contributed by atoms with Gasteiger partial charge in [0.25, 0.3) is 0 Å². The maximum atomic E-state index is 11.7. The van der Waals surface area contributed by atoms with Gasteiger partial charge in [-0.2, -0.15) is 0 Å². The van der Waals surface area contributed by atoms with E-state index in [1.807, 2.05) is 13.8 Å². The van der Waals surface area contributed by atoms with E-state index in [0.29, 0.717) is 17.5 Å². The second-order valence-electron chi connectivity index (χ2n) is 4.94. The average Bonchev–Trinajstić information content (AvgIpc) is 2.15. The third-order valence-electron chi connectivity index (χ3n) is 2.78. The molecular weight excluding hydrogens is 246 g/mol. The highest BCUT2D eigenvalue weighted by Crippen LogP contribution is 2.12. The third-order valence-corrected chi connectivity index (χ3v) is 4.81. The molecule has 1 heterocycles. The molecule has 0 radical (unpaired) electrons. The fourth-order valence-corrected chi connectivity index (χ4v) is 3.91. The molecule has 0 saturated carbocycles. The van der Waals surface area contributed by atoms with Crippen LogP contribution in [0.4, 0.5) is 0 Å². The van der Waals surface area contributed by atoms with E-state index in [4.69, 9.17) is 0 Å². The highest BCUT2D eigenvalue weighted by Gasteiger charge is 2.18. The van der Waals surface area contributed by atoms with Crippen LogP contribution in [-0.4, -0.2) is 32.5 Å². The van der Waals surface area contributed by atoms with Gasteiger partial charge in [-0.3, -0.25) is 0 Å². The molecule has 0 aliphatic carbocycles. The molecule has 1 aliphatic rings. The first kappa shape index (κ1) is 16.2. The van der Waals surface area contributed by atoms with Gasteiger partial charge in [-0.05, 0) is 31.7 Å². The number of nitrogens with one attached hydrogen (secondary N) is 1. The van der Waals surface area contributed by atoms with Crippen LogP contribution in [0.15, 0.2) is 0 Å². The van der Waals surface area contributed by atoms with E-state index in [9.17, 15) is 8.42 Å². The summed E-state index contributed by atoms with van der Waals surface area (Å²) < 4.78 is 23.3. The van der Waals surface area contributed by atoms with Crippen LogP contribution in [0.5, 0.6) is 0 Å². The molecule has 98 valence electrons. The Balaban J connectivity index is 0.00000225. The third kappa shape index (κ3) is 6.71. The number of halogens is 1. The van der Waals surface area contributed by atoms with E-state index in [2.05, 4.69) is 5.32 Å². The molecule has 0 aromatic carbocycles. The lowest BCUT2D eigenvalue weighted by atomic mass is 10.0. The van der Waals surface area contributed by atoms with E-state index in [-0.39, 0.29) is 18.3 Å². The zero-order valence-electron chi connectivity index (χ0n) is 10.2. The predicted octanol–water partition coefficient (Wildman–Crippen LogP) is 2.01. The first-order chi connectivity index (χ1) is 6.99. The molecule has 3 nitrogen and oxygen atoms in total. The normalized spacial score (nSPS) is 21.8. The van der Waals surface area contributed by atoms with Gasteiger partial charge in [-0.1, -0.05) is 20.3 Å². The van der Waals surface area contributed by atoms with Crippen LogP contribution < -0.4 is 5.32 Å². The van der Waals surface area contributed by atoms with Crippen LogP contribution in [0.1, 0.15) is 39.5 Å². The molecule has 0 aromatic rings. The standard InChI is InChI=1S/C11H23NO2S.ClH/c1-10(2)9-15(13,14)8-6-11-5-3-4-7-12-11;/h10-12H,3-9H2,1-2H3;1H. The fraction of sp³-hybridized carbons (Fsp3) is 1.00. The minimum Gasteiger partial charge on any atom is -0.314 e. The lowest BCUT2D eigenvalue weighted by molar-refractivity contribution is 0.392. The summed E-state index contributed by atoms with van der Waals surface area (Å²) >= 11 is 0. The maximum absolute atomic E-state index is 11.7. The summed E-state index contributed by atoms with van der Waals surface area (Å²) in [5.41, 5.74) is 0. The molecule has 0 amide bonds. The molecule has 1 unspecified atom stereocenters. The van der Waals surface area contributed by atoms with E-state index < -0.39 is 9.84 Å². The Labute approximate surface area is 106 Å². The first-order valence-electron chi connectivity index (χ1n) is 5.93. The molecule has 1 N–H and O–H groups in total. The second-order valence-corrected chi connectivity index (χ2v) is 7.17. The van der Waals surface area contributed by atoms with Crippen molar-refractivity contribution in [1.29, 1.82) is 0 Å². The van der Waals surface area contributed by atoms with E-state index in [0.717, 1.165) is 19.4 Å². The lowest BCUT2D eigenvalue weighted by Crippen LogP contribution is -2.35. The minimum absolute atomic E-state index is 0. The topological polar surface area (TPSA) is 46.2 Å². The van der Waals surface area contributed by atoms with Gasteiger partial charge >= 0.3 is 0 Å². The molecule has 0 spiro atoms. The lowest BCUT2D eigenvalue weighted by Gasteiger charge is -2.23. The monoisotopic (exact) mass is 269 g/mol. The first-order valence-corrected chi connectivity index (χ1v) is 7.75. The van der Waals surface area contributed by atoms with Gasteiger partial charge in [0.1, 0.15) is 0 Å². The van der Waals surface area contributed by atoms with Crippen molar-refractivity contribution < 1.29 is 8.42 Å². The van der Waals surface area contributed by atoms with Crippen molar-refractivity contribution in [2.75, 3.05) is 18.1 Å². The Kier molecular flexibility index (Phi) is 7.61. The molecule has 1 fully saturated rings. The van der Waals surface area contributed by atoms with E-state index in [1.165, 1.54) is 12.8 Å². The Morgan fingerprint density at radius 1 is 1.31 bits per heavy atom. The van der Waals surface area contributed by atoms with Crippen LogP contribution in [-0.2, 0) is 9.84 Å². The van der Waals surface area contributed by atoms with Crippen molar-refractivity contribution in [3.8, 4) is 0 Å². The molecular formula is C11H24ClNO2S. The summed E-state index contributed by atoms with van der Waals surface area (Å²) in [6.07, 6.45) is 4.39. The quantitative estimate of drug-likeness (QED) is 0.831. The summed E-state index contributed by atoms with van der Waals surface area (Å²) in [6.45, 7) is 4.96. The van der Waals surface area contributed by atoms with Gasteiger partial charge in [0.2, 0.25) is 0 Å². The Hall–Kier alpha value is 0.200. The molecule has 1 atom stereocenters. The van der Waals surface area contributed by atoms with Crippen molar-refractivity contribution >= 4 is 22.2 Å². The van der Waals surface area contributed by atoms with Gasteiger partial charge in [-0.15, -0.1) is 12.4 Å². The van der Waals surface area contributed by atoms with Crippen LogP contribution in [0.25, 0.3) is 0 Å². The molecule has 1 saturated heterocycles. The second kappa shape index (κ2) is 7.51. The summed E-state index contributed by atoms with van der Waals surface area (Å²) in [4.78, 5) is 0. The van der Waals surface area contributed by atoms with E-state index in [1.54, 1.807) is 0 Å². The van der Waals surface area contributed by atoms with Crippen molar-refractivity contribution in [3.05, 3.63) is 0 Å². The van der Waals surface area contributed by atoms with Crippen molar-refractivity contribution in [3.63, 3.8) is 0 Å². The molecule has 1 aliphatic heterocycles. The predicted molar refractivity (Wildman–Crippen MR) is 71.0 cm³/mol. The van der Waals surface area contributed by atoms with Crippen molar-refractivity contribution in [2.45, 2.75) is 45.6 Å². The zero-order chi connectivity index (χ0) is 11.3. The largest absolute Gasteiger partial charge is 0.314 e. The number of rotatable bonds is 5. The van der Waals surface area contributed by atoms with Crippen LogP contribution in [0.2, 0.25) is 0 Å². The maximum Gasteiger partial charge on any atom is 0.150 e. The molecule has 0 aromatic heterocycles. The van der Waals surface area contributed by atoms with Crippen LogP contribution in [0, 0.1) is 5.92 Å². The Morgan fingerprint density at radius 3 is 2.50 bits per heavy atom. The van der Waals surface area contributed by atoms with Crippen LogP contribution in [0.3, 0.4) is 0 Å². The van der Waals surface area contributed by atoms with Crippen LogP contribution >= 0.6 is 12.4 Å². The molecule has 0 bridgehead atoms. The summed E-state index contributed by atoms with van der Waals surface area (Å²) in [7, 11) is -2.82. The fourth-order valence-electron chi connectivity index (χ4n) is 2.08. The van der Waals surface area contributed by atoms with Gasteiger partial charge in [0.05, 0.1) is 11.5 Å². The highest BCUT2D eigenvalue weighted by atomic mass is 35.5. The Bertz CT molecular complexity index is 272. The van der Waals surface area contributed by atoms with E-state index >= 15 is 0 Å². The number of hydrogen-bond acceptors (Lipinski definition) is 3. The summed E-state index contributed by atoms with van der Waals surface area (Å²) in [5.74, 6) is 0.928. The minimum atomic E-state index is -2.82. The zero-order valence-corrected chi connectivity index (χ0v) is 11.9. The van der Waals surface area contributed by atoms with Gasteiger partial charge < -0.3 is 5.32 Å². The van der Waals surface area contributed by atoms with Gasteiger partial charge in [0.15, 0.2) is 9.84 Å². The highest BCUT2D eigenvalue weighted by molar-refractivity contribution is 7.91. The number of hydrogen-bond donors (Lipinski definition) is 1. The van der Waals surface area contributed by atoms with Crippen molar-refractivity contribution in [1.82, 2.24) is 5.32 Å². The summed E-state index contributed by atoms with van der Waals surface area (Å²) in [5, 5.41) is 3.38. The van der Waals surface area contributed by atoms with Gasteiger partial charge in [0, 0.05) is 6.04 Å². The Morgan fingerprint density at radius 2 is 2.00 bits per heavy atom. The number of sulfone groups is 1. The smallest absolute Gasteiger partial charge is 0.150 e.